The van der Waals surface area contributed by atoms with Crippen LogP contribution >= 0.6 is 0 Å². The number of nitrogens with one attached hydrogen (secondary N) is 2. The molecule has 0 amide bonds. The van der Waals surface area contributed by atoms with Gasteiger partial charge in [0.2, 0.25) is 0 Å². The van der Waals surface area contributed by atoms with E-state index in [1.54, 1.807) is 0 Å². The number of H-pyrrole nitrogens is 1. The second-order valence-electron chi connectivity index (χ2n) is 12.8. The Labute approximate surface area is 268 Å². The van der Waals surface area contributed by atoms with Gasteiger partial charge in [-0.15, -0.1) is 0 Å². The first-order valence-electron chi connectivity index (χ1n) is 16.2. The van der Waals surface area contributed by atoms with E-state index in [0.29, 0.717) is 17.9 Å². The molecule has 234 valence electrons. The lowest BCUT2D eigenvalue weighted by Crippen LogP contribution is -2.29. The summed E-state index contributed by atoms with van der Waals surface area (Å²) in [5, 5.41) is 10.0. The van der Waals surface area contributed by atoms with E-state index < -0.39 is 0 Å². The Hall–Kier alpha value is -4.41. The van der Waals surface area contributed by atoms with E-state index in [0.717, 1.165) is 78.0 Å². The quantitative estimate of drug-likeness (QED) is 0.0845. The highest BCUT2D eigenvalue weighted by atomic mass is 15.1. The third-order valence-corrected chi connectivity index (χ3v) is 9.14. The summed E-state index contributed by atoms with van der Waals surface area (Å²) in [7, 11) is 0. The summed E-state index contributed by atoms with van der Waals surface area (Å²) in [5.41, 5.74) is 20.6. The van der Waals surface area contributed by atoms with Gasteiger partial charge in [-0.25, -0.2) is 9.97 Å². The minimum absolute atomic E-state index is 0.234. The lowest BCUT2D eigenvalue weighted by molar-refractivity contribution is 0.255. The molecule has 2 aliphatic rings. The van der Waals surface area contributed by atoms with Crippen molar-refractivity contribution < 1.29 is 0 Å². The van der Waals surface area contributed by atoms with Crippen molar-refractivity contribution in [2.75, 3.05) is 25.4 Å². The van der Waals surface area contributed by atoms with Gasteiger partial charge in [0.05, 0.1) is 17.8 Å². The average Bonchev–Trinajstić information content (AvgIpc) is 3.34. The van der Waals surface area contributed by atoms with Crippen molar-refractivity contribution in [2.24, 2.45) is 5.73 Å². The maximum Gasteiger partial charge on any atom is 0.116 e. The molecule has 3 heterocycles. The van der Waals surface area contributed by atoms with Crippen LogP contribution in [0.4, 0.5) is 5.69 Å². The topological polar surface area (TPSA) is 121 Å². The summed E-state index contributed by atoms with van der Waals surface area (Å²) in [4.78, 5) is 15.7. The van der Waals surface area contributed by atoms with Crippen LogP contribution in [-0.2, 0) is 18.3 Å². The van der Waals surface area contributed by atoms with Gasteiger partial charge in [0, 0.05) is 39.5 Å². The van der Waals surface area contributed by atoms with Gasteiger partial charge in [-0.1, -0.05) is 49.6 Å². The summed E-state index contributed by atoms with van der Waals surface area (Å²) in [6.45, 7) is 12.5. The van der Waals surface area contributed by atoms with Crippen molar-refractivity contribution in [3.05, 3.63) is 89.1 Å². The lowest BCUT2D eigenvalue weighted by atomic mass is 9.83. The molecule has 6 rings (SSSR count). The first kappa shape index (κ1) is 32.0. The number of hydrogen-bond acceptors (Lipinski definition) is 6. The van der Waals surface area contributed by atoms with Crippen LogP contribution in [-0.4, -0.2) is 45.2 Å². The fourth-order valence-electron chi connectivity index (χ4n) is 6.65. The zero-order valence-electron chi connectivity index (χ0n) is 27.1. The molecule has 0 atom stereocenters. The molecular weight excluding hydrogens is 554 g/mol. The monoisotopic (exact) mass is 601 g/mol. The van der Waals surface area contributed by atoms with E-state index in [-0.39, 0.29) is 5.41 Å². The zero-order valence-corrected chi connectivity index (χ0v) is 27.1. The van der Waals surface area contributed by atoms with Crippen molar-refractivity contribution >= 4 is 22.3 Å². The summed E-state index contributed by atoms with van der Waals surface area (Å²) in [6, 6.07) is 12.8. The Morgan fingerprint density at radius 2 is 1.69 bits per heavy atom. The number of rotatable bonds is 5. The van der Waals surface area contributed by atoms with Gasteiger partial charge in [0.25, 0.3) is 0 Å². The molecule has 0 unspecified atom stereocenters. The molecule has 1 aliphatic heterocycles. The van der Waals surface area contributed by atoms with Crippen LogP contribution < -0.4 is 11.5 Å². The van der Waals surface area contributed by atoms with Crippen molar-refractivity contribution in [1.29, 1.82) is 5.41 Å². The van der Waals surface area contributed by atoms with Crippen molar-refractivity contribution in [1.82, 2.24) is 19.9 Å². The van der Waals surface area contributed by atoms with Crippen LogP contribution in [0.2, 0.25) is 0 Å². The Balaban J connectivity index is 0.00000128. The molecule has 1 saturated heterocycles. The summed E-state index contributed by atoms with van der Waals surface area (Å²) >= 11 is 0. The number of nitrogens with zero attached hydrogens (tertiary/aromatic N) is 3. The normalized spacial score (nSPS) is 15.2. The van der Waals surface area contributed by atoms with Gasteiger partial charge >= 0.3 is 0 Å². The number of benzene rings is 2. The van der Waals surface area contributed by atoms with E-state index in [1.165, 1.54) is 48.6 Å². The van der Waals surface area contributed by atoms with E-state index in [9.17, 15) is 0 Å². The molecule has 2 aromatic heterocycles. The molecule has 1 fully saturated rings. The average molecular weight is 602 g/mol. The molecule has 6 N–H and O–H groups in total. The number of imidazole rings is 1. The SMILES string of the molecule is C=CN.Cc1cnc(C(C)(C)c2ccc(-c3nc4ccc(N)c(C(=N)C#CCN5CCCCC5)c4c4c3CCCCC4)cc2)[nH]1. The third-order valence-electron chi connectivity index (χ3n) is 9.14. The van der Waals surface area contributed by atoms with E-state index in [4.69, 9.17) is 16.1 Å². The second-order valence-corrected chi connectivity index (χ2v) is 12.8. The molecule has 7 nitrogen and oxygen atoms in total. The number of aryl methyl sites for hydroxylation is 2. The number of likely N-dealkylation sites (tertiary alicyclic amines) is 1. The molecule has 2 aromatic carbocycles. The van der Waals surface area contributed by atoms with Crippen molar-refractivity contribution in [2.45, 2.75) is 77.6 Å². The summed E-state index contributed by atoms with van der Waals surface area (Å²) < 4.78 is 0. The lowest BCUT2D eigenvalue weighted by Gasteiger charge is -2.24. The van der Waals surface area contributed by atoms with Gasteiger partial charge < -0.3 is 16.5 Å². The highest BCUT2D eigenvalue weighted by Gasteiger charge is 2.27. The molecule has 0 saturated carbocycles. The second kappa shape index (κ2) is 14.1. The van der Waals surface area contributed by atoms with Crippen LogP contribution in [0.1, 0.15) is 86.1 Å². The van der Waals surface area contributed by atoms with Crippen LogP contribution in [0.15, 0.2) is 55.4 Å². The van der Waals surface area contributed by atoms with Crippen LogP contribution in [0.25, 0.3) is 22.2 Å². The highest BCUT2D eigenvalue weighted by Crippen LogP contribution is 2.38. The van der Waals surface area contributed by atoms with Crippen molar-refractivity contribution in [3.63, 3.8) is 0 Å². The predicted octanol–water partition coefficient (Wildman–Crippen LogP) is 7.06. The fraction of sp³-hybridized carbons (Fsp3) is 0.395. The molecule has 0 spiro atoms. The van der Waals surface area contributed by atoms with Gasteiger partial charge in [-0.2, -0.15) is 0 Å². The minimum Gasteiger partial charge on any atom is -0.405 e. The molecule has 0 radical (unpaired) electrons. The van der Waals surface area contributed by atoms with E-state index in [2.05, 4.69) is 77.1 Å². The predicted molar refractivity (Wildman–Crippen MR) is 188 cm³/mol. The number of aromatic amines is 1. The van der Waals surface area contributed by atoms with Crippen molar-refractivity contribution in [3.8, 4) is 23.1 Å². The number of nitrogen functional groups attached to an aromatic ring is 1. The smallest absolute Gasteiger partial charge is 0.116 e. The largest absolute Gasteiger partial charge is 0.405 e. The number of hydrogen-bond donors (Lipinski definition) is 4. The highest BCUT2D eigenvalue weighted by molar-refractivity contribution is 6.21. The Morgan fingerprint density at radius 1 is 1.02 bits per heavy atom. The van der Waals surface area contributed by atoms with Crippen LogP contribution in [0.3, 0.4) is 0 Å². The third kappa shape index (κ3) is 6.97. The number of fused-ring (bicyclic) bond motifs is 3. The molecule has 0 bridgehead atoms. The first-order chi connectivity index (χ1) is 21.7. The maximum absolute atomic E-state index is 9.01. The molecule has 7 heteroatoms. The van der Waals surface area contributed by atoms with Crippen LogP contribution in [0, 0.1) is 24.2 Å². The summed E-state index contributed by atoms with van der Waals surface area (Å²) in [6.07, 6.45) is 12.3. The Bertz CT molecular complexity index is 1730. The number of nitrogens with two attached hydrogens (primary N) is 2. The van der Waals surface area contributed by atoms with Gasteiger partial charge in [0.1, 0.15) is 11.5 Å². The molecule has 1 aliphatic carbocycles. The maximum atomic E-state index is 9.01. The Kier molecular flexibility index (Phi) is 10.0. The number of aromatic nitrogens is 3. The first-order valence-corrected chi connectivity index (χ1v) is 16.2. The fourth-order valence-corrected chi connectivity index (χ4v) is 6.65. The summed E-state index contributed by atoms with van der Waals surface area (Å²) in [5.74, 6) is 7.40. The van der Waals surface area contributed by atoms with E-state index >= 15 is 0 Å². The number of anilines is 1. The Morgan fingerprint density at radius 3 is 2.36 bits per heavy atom. The van der Waals surface area contributed by atoms with Gasteiger partial charge in [0.15, 0.2) is 0 Å². The standard InChI is InChI=1S/C36H42N6.C2H5N/c1-24-23-39-35(40-24)36(2,3)26-16-14-25(15-17-26)34-28-12-7-4-6-11-27(28)32-31(41-34)19-18-30(38)33(32)29(37)13-10-22-42-20-8-5-9-21-42;1-2-3/h14-19,23,37H,4-9,11-12,20-22,38H2,1-3H3,(H,39,40);2H,1,3H2. The zero-order chi connectivity index (χ0) is 32.0. The molecular formula is C38H47N7. The molecule has 45 heavy (non-hydrogen) atoms. The van der Waals surface area contributed by atoms with E-state index in [1.807, 2.05) is 25.3 Å². The number of pyridine rings is 1. The van der Waals surface area contributed by atoms with Gasteiger partial charge in [-0.05, 0) is 113 Å². The van der Waals surface area contributed by atoms with Crippen LogP contribution in [0.5, 0.6) is 0 Å². The molecule has 4 aromatic rings. The van der Waals surface area contributed by atoms with Gasteiger partial charge in [-0.3, -0.25) is 10.3 Å². The number of piperidine rings is 1. The minimum atomic E-state index is -0.234.